The van der Waals surface area contributed by atoms with E-state index in [1.807, 2.05) is 13.8 Å². The highest BCUT2D eigenvalue weighted by Crippen LogP contribution is 2.22. The number of rotatable bonds is 10. The van der Waals surface area contributed by atoms with Crippen molar-refractivity contribution in [3.8, 4) is 0 Å². The second kappa shape index (κ2) is 9.15. The first-order valence-corrected chi connectivity index (χ1v) is 7.18. The largest absolute Gasteiger partial charge is 0.409 e. The lowest BCUT2D eigenvalue weighted by Crippen LogP contribution is -2.34. The van der Waals surface area contributed by atoms with Gasteiger partial charge in [0.25, 0.3) is 0 Å². The van der Waals surface area contributed by atoms with Crippen LogP contribution in [-0.2, 0) is 0 Å². The zero-order chi connectivity index (χ0) is 14.9. The van der Waals surface area contributed by atoms with Gasteiger partial charge in [0.05, 0.1) is 0 Å². The molecule has 114 valence electrons. The predicted octanol–water partition coefficient (Wildman–Crippen LogP) is 1.81. The van der Waals surface area contributed by atoms with Crippen LogP contribution < -0.4 is 5.73 Å². The zero-order valence-corrected chi connectivity index (χ0v) is 13.3. The lowest BCUT2D eigenvalue weighted by atomic mass is 9.86. The molecule has 0 aliphatic heterocycles. The van der Waals surface area contributed by atoms with Gasteiger partial charge in [-0.1, -0.05) is 25.9 Å². The molecule has 0 saturated heterocycles. The van der Waals surface area contributed by atoms with Crippen LogP contribution in [-0.4, -0.2) is 61.1 Å². The highest BCUT2D eigenvalue weighted by molar-refractivity contribution is 5.85. The molecule has 3 N–H and O–H groups in total. The van der Waals surface area contributed by atoms with Gasteiger partial charge in [0.2, 0.25) is 0 Å². The van der Waals surface area contributed by atoms with Crippen molar-refractivity contribution < 1.29 is 5.21 Å². The first-order chi connectivity index (χ1) is 8.83. The zero-order valence-electron chi connectivity index (χ0n) is 13.3. The Kier molecular flexibility index (Phi) is 8.76. The van der Waals surface area contributed by atoms with Crippen LogP contribution in [0.25, 0.3) is 0 Å². The molecule has 0 aromatic heterocycles. The molecule has 5 nitrogen and oxygen atoms in total. The van der Waals surface area contributed by atoms with Crippen LogP contribution in [0.4, 0.5) is 0 Å². The Morgan fingerprint density at radius 2 is 1.74 bits per heavy atom. The Balaban J connectivity index is 3.95. The fourth-order valence-corrected chi connectivity index (χ4v) is 2.05. The van der Waals surface area contributed by atoms with Gasteiger partial charge >= 0.3 is 0 Å². The Morgan fingerprint density at radius 3 is 2.21 bits per heavy atom. The summed E-state index contributed by atoms with van der Waals surface area (Å²) in [6.45, 7) is 10.7. The maximum atomic E-state index is 8.74. The van der Waals surface area contributed by atoms with Gasteiger partial charge in [0.15, 0.2) is 0 Å². The third kappa shape index (κ3) is 8.06. The molecule has 0 saturated carbocycles. The van der Waals surface area contributed by atoms with Crippen molar-refractivity contribution in [2.75, 3.05) is 40.3 Å². The molecule has 0 bridgehead atoms. The molecular weight excluding hydrogens is 240 g/mol. The van der Waals surface area contributed by atoms with Crippen LogP contribution in [0.5, 0.6) is 0 Å². The third-order valence-corrected chi connectivity index (χ3v) is 3.60. The number of oxime groups is 1. The number of hydrogen-bond acceptors (Lipinski definition) is 4. The second-order valence-corrected chi connectivity index (χ2v) is 6.06. The molecule has 0 heterocycles. The van der Waals surface area contributed by atoms with Gasteiger partial charge in [-0.05, 0) is 59.5 Å². The van der Waals surface area contributed by atoms with Crippen molar-refractivity contribution in [1.29, 1.82) is 0 Å². The summed E-state index contributed by atoms with van der Waals surface area (Å²) >= 11 is 0. The standard InChI is InChI=1S/C14H32N4O/c1-6-18(12-8-10-17(4)5)11-7-9-14(2,3)13(15)16-19/h19H,6-12H2,1-5H3,(H2,15,16). The molecule has 19 heavy (non-hydrogen) atoms. The van der Waals surface area contributed by atoms with Crippen LogP contribution in [0.2, 0.25) is 0 Å². The number of nitrogens with zero attached hydrogens (tertiary/aromatic N) is 3. The summed E-state index contributed by atoms with van der Waals surface area (Å²) in [7, 11) is 4.21. The minimum absolute atomic E-state index is 0.224. The molecule has 0 atom stereocenters. The average molecular weight is 272 g/mol. The Labute approximate surface area is 118 Å². The predicted molar refractivity (Wildman–Crippen MR) is 81.7 cm³/mol. The molecule has 0 amide bonds. The number of hydrogen-bond donors (Lipinski definition) is 2. The van der Waals surface area contributed by atoms with Crippen molar-refractivity contribution in [3.05, 3.63) is 0 Å². The molecule has 0 radical (unpaired) electrons. The lowest BCUT2D eigenvalue weighted by molar-refractivity contribution is 0.250. The summed E-state index contributed by atoms with van der Waals surface area (Å²) in [4.78, 5) is 4.68. The van der Waals surface area contributed by atoms with E-state index in [-0.39, 0.29) is 5.41 Å². The molecule has 0 aliphatic carbocycles. The quantitative estimate of drug-likeness (QED) is 0.275. The van der Waals surface area contributed by atoms with Gasteiger partial charge in [0.1, 0.15) is 5.84 Å². The molecule has 0 fully saturated rings. The summed E-state index contributed by atoms with van der Waals surface area (Å²) in [5, 5.41) is 11.9. The van der Waals surface area contributed by atoms with E-state index in [0.29, 0.717) is 5.84 Å². The summed E-state index contributed by atoms with van der Waals surface area (Å²) in [6.07, 6.45) is 3.20. The molecule has 0 unspecified atom stereocenters. The fraction of sp³-hybridized carbons (Fsp3) is 0.929. The van der Waals surface area contributed by atoms with E-state index in [1.165, 1.54) is 6.42 Å². The fourth-order valence-electron chi connectivity index (χ4n) is 2.05. The van der Waals surface area contributed by atoms with Crippen LogP contribution in [0, 0.1) is 5.41 Å². The normalized spacial score (nSPS) is 13.5. The van der Waals surface area contributed by atoms with Crippen molar-refractivity contribution in [1.82, 2.24) is 9.80 Å². The van der Waals surface area contributed by atoms with Gasteiger partial charge in [-0.2, -0.15) is 0 Å². The molecule has 0 aliphatic rings. The maximum Gasteiger partial charge on any atom is 0.144 e. The van der Waals surface area contributed by atoms with Crippen LogP contribution in [0.15, 0.2) is 5.16 Å². The molecular formula is C14H32N4O. The topological polar surface area (TPSA) is 65.1 Å². The first kappa shape index (κ1) is 18.2. The summed E-state index contributed by atoms with van der Waals surface area (Å²) in [6, 6.07) is 0. The van der Waals surface area contributed by atoms with E-state index in [1.54, 1.807) is 0 Å². The smallest absolute Gasteiger partial charge is 0.144 e. The average Bonchev–Trinajstić information content (AvgIpc) is 2.35. The van der Waals surface area contributed by atoms with E-state index in [0.717, 1.165) is 39.0 Å². The maximum absolute atomic E-state index is 8.74. The van der Waals surface area contributed by atoms with E-state index < -0.39 is 0 Å². The monoisotopic (exact) mass is 272 g/mol. The Morgan fingerprint density at radius 1 is 1.16 bits per heavy atom. The Hall–Kier alpha value is -0.810. The SMILES string of the molecule is CCN(CCCN(C)C)CCCC(C)(C)C(N)=NO. The number of nitrogens with two attached hydrogens (primary N) is 1. The van der Waals surface area contributed by atoms with Gasteiger partial charge in [-0.15, -0.1) is 0 Å². The van der Waals surface area contributed by atoms with Crippen LogP contribution in [0.3, 0.4) is 0 Å². The van der Waals surface area contributed by atoms with Crippen LogP contribution in [0.1, 0.15) is 40.0 Å². The first-order valence-electron chi connectivity index (χ1n) is 7.18. The van der Waals surface area contributed by atoms with Crippen molar-refractivity contribution in [2.45, 2.75) is 40.0 Å². The van der Waals surface area contributed by atoms with E-state index in [4.69, 9.17) is 10.9 Å². The molecule has 5 heteroatoms. The minimum atomic E-state index is -0.224. The molecule has 0 aromatic carbocycles. The molecule has 0 aromatic rings. The molecule has 0 rings (SSSR count). The van der Waals surface area contributed by atoms with E-state index in [2.05, 4.69) is 36.0 Å². The Bertz CT molecular complexity index is 264. The molecule has 0 spiro atoms. The van der Waals surface area contributed by atoms with Crippen LogP contribution >= 0.6 is 0 Å². The summed E-state index contributed by atoms with van der Waals surface area (Å²) in [5.41, 5.74) is 5.47. The minimum Gasteiger partial charge on any atom is -0.409 e. The van der Waals surface area contributed by atoms with E-state index in [9.17, 15) is 0 Å². The van der Waals surface area contributed by atoms with Gasteiger partial charge in [-0.25, -0.2) is 0 Å². The van der Waals surface area contributed by atoms with Gasteiger partial charge < -0.3 is 20.7 Å². The van der Waals surface area contributed by atoms with Crippen molar-refractivity contribution in [3.63, 3.8) is 0 Å². The summed E-state index contributed by atoms with van der Waals surface area (Å²) in [5.74, 6) is 0.322. The van der Waals surface area contributed by atoms with Gasteiger partial charge in [-0.3, -0.25) is 0 Å². The number of amidine groups is 1. The summed E-state index contributed by atoms with van der Waals surface area (Å²) < 4.78 is 0. The second-order valence-electron chi connectivity index (χ2n) is 6.06. The third-order valence-electron chi connectivity index (χ3n) is 3.60. The van der Waals surface area contributed by atoms with Crippen molar-refractivity contribution >= 4 is 5.84 Å². The van der Waals surface area contributed by atoms with E-state index >= 15 is 0 Å². The van der Waals surface area contributed by atoms with Crippen molar-refractivity contribution in [2.24, 2.45) is 16.3 Å². The lowest BCUT2D eigenvalue weighted by Gasteiger charge is -2.26. The highest BCUT2D eigenvalue weighted by atomic mass is 16.4. The highest BCUT2D eigenvalue weighted by Gasteiger charge is 2.23. The van der Waals surface area contributed by atoms with Gasteiger partial charge in [0, 0.05) is 5.41 Å².